The summed E-state index contributed by atoms with van der Waals surface area (Å²) in [6, 6.07) is 4.07. The summed E-state index contributed by atoms with van der Waals surface area (Å²) in [7, 11) is 0. The number of carbonyl (C=O) groups excluding carboxylic acids is 2. The van der Waals surface area contributed by atoms with Gasteiger partial charge in [0.15, 0.2) is 0 Å². The van der Waals surface area contributed by atoms with Crippen LogP contribution in [-0.2, 0) is 0 Å². The van der Waals surface area contributed by atoms with Gasteiger partial charge in [0.25, 0.3) is 11.8 Å². The molecule has 20 heavy (non-hydrogen) atoms. The van der Waals surface area contributed by atoms with Gasteiger partial charge in [0.2, 0.25) is 0 Å². The summed E-state index contributed by atoms with van der Waals surface area (Å²) >= 11 is 0. The van der Waals surface area contributed by atoms with E-state index in [2.05, 4.69) is 13.8 Å². The molecule has 2 amide bonds. The van der Waals surface area contributed by atoms with Crippen molar-refractivity contribution in [3.05, 3.63) is 34.9 Å². The van der Waals surface area contributed by atoms with Crippen LogP contribution >= 0.6 is 0 Å². The summed E-state index contributed by atoms with van der Waals surface area (Å²) in [5, 5.41) is 8.95. The van der Waals surface area contributed by atoms with Crippen LogP contribution < -0.4 is 0 Å². The summed E-state index contributed by atoms with van der Waals surface area (Å²) in [4.78, 5) is 36.7. The number of amides is 2. The van der Waals surface area contributed by atoms with Crippen LogP contribution in [0.25, 0.3) is 0 Å². The van der Waals surface area contributed by atoms with Gasteiger partial charge < -0.3 is 5.11 Å². The Kier molecular flexibility index (Phi) is 2.51. The molecule has 0 radical (unpaired) electrons. The predicted octanol–water partition coefficient (Wildman–Crippen LogP) is 2.03. The average Bonchev–Trinajstić information content (AvgIpc) is 2.93. The second kappa shape index (κ2) is 3.91. The fourth-order valence-electron chi connectivity index (χ4n) is 2.70. The molecule has 5 nitrogen and oxygen atoms in total. The Morgan fingerprint density at radius 3 is 2.45 bits per heavy atom. The summed E-state index contributed by atoms with van der Waals surface area (Å²) < 4.78 is 0. The number of hydrogen-bond donors (Lipinski definition) is 1. The van der Waals surface area contributed by atoms with E-state index in [1.54, 1.807) is 0 Å². The van der Waals surface area contributed by atoms with Crippen molar-refractivity contribution in [3.63, 3.8) is 0 Å². The van der Waals surface area contributed by atoms with Crippen molar-refractivity contribution in [1.82, 2.24) is 4.90 Å². The highest BCUT2D eigenvalue weighted by atomic mass is 16.4. The number of rotatable bonds is 3. The highest BCUT2D eigenvalue weighted by Crippen LogP contribution is 2.52. The van der Waals surface area contributed by atoms with Gasteiger partial charge in [-0.15, -0.1) is 0 Å². The van der Waals surface area contributed by atoms with Crippen molar-refractivity contribution >= 4 is 17.8 Å². The van der Waals surface area contributed by atoms with Crippen LogP contribution in [-0.4, -0.2) is 34.3 Å². The Morgan fingerprint density at radius 2 is 1.90 bits per heavy atom. The van der Waals surface area contributed by atoms with Crippen LogP contribution in [0.4, 0.5) is 0 Å². The number of carboxylic acid groups (broad SMARTS) is 1. The van der Waals surface area contributed by atoms with E-state index in [1.165, 1.54) is 23.1 Å². The molecule has 1 aromatic rings. The number of carbonyl (C=O) groups is 3. The topological polar surface area (TPSA) is 74.7 Å². The van der Waals surface area contributed by atoms with Crippen LogP contribution in [0.2, 0.25) is 0 Å². The third kappa shape index (κ3) is 1.81. The number of carboxylic acids is 1. The lowest BCUT2D eigenvalue weighted by molar-refractivity contribution is 0.0640. The lowest BCUT2D eigenvalue weighted by Crippen LogP contribution is -2.32. The maximum atomic E-state index is 12.3. The van der Waals surface area contributed by atoms with Crippen molar-refractivity contribution in [3.8, 4) is 0 Å². The third-order valence-corrected chi connectivity index (χ3v) is 4.34. The summed E-state index contributed by atoms with van der Waals surface area (Å²) in [5.41, 5.74) is 0.715. The number of benzene rings is 1. The minimum Gasteiger partial charge on any atom is -0.478 e. The molecule has 5 heteroatoms. The number of imide groups is 1. The van der Waals surface area contributed by atoms with Gasteiger partial charge in [0.1, 0.15) is 0 Å². The molecule has 2 aliphatic rings. The smallest absolute Gasteiger partial charge is 0.335 e. The highest BCUT2D eigenvalue weighted by molar-refractivity contribution is 6.21. The third-order valence-electron chi connectivity index (χ3n) is 4.34. The molecule has 3 rings (SSSR count). The molecule has 1 fully saturated rings. The summed E-state index contributed by atoms with van der Waals surface area (Å²) in [6.07, 6.45) is 1.00. The van der Waals surface area contributed by atoms with Crippen LogP contribution in [0, 0.1) is 11.3 Å². The van der Waals surface area contributed by atoms with E-state index in [4.69, 9.17) is 5.11 Å². The normalized spacial score (nSPS) is 22.9. The van der Waals surface area contributed by atoms with Crippen molar-refractivity contribution in [2.45, 2.75) is 20.3 Å². The van der Waals surface area contributed by atoms with Gasteiger partial charge in [-0.05, 0) is 36.0 Å². The first-order valence-electron chi connectivity index (χ1n) is 6.55. The SMILES string of the molecule is CC1(C)CC1CN1C(=O)c2ccc(C(=O)O)cc2C1=O. The Morgan fingerprint density at radius 1 is 1.30 bits per heavy atom. The van der Waals surface area contributed by atoms with Gasteiger partial charge in [0, 0.05) is 6.54 Å². The van der Waals surface area contributed by atoms with Gasteiger partial charge in [-0.3, -0.25) is 14.5 Å². The zero-order valence-electron chi connectivity index (χ0n) is 11.3. The Hall–Kier alpha value is -2.17. The van der Waals surface area contributed by atoms with E-state index in [0.717, 1.165) is 6.42 Å². The van der Waals surface area contributed by atoms with Gasteiger partial charge in [-0.25, -0.2) is 4.79 Å². The van der Waals surface area contributed by atoms with Crippen molar-refractivity contribution in [1.29, 1.82) is 0 Å². The standard InChI is InChI=1S/C15H15NO4/c1-15(2)6-9(15)7-16-12(17)10-4-3-8(14(19)20)5-11(10)13(16)18/h3-5,9H,6-7H2,1-2H3,(H,19,20). The maximum absolute atomic E-state index is 12.3. The molecule has 1 aliphatic carbocycles. The van der Waals surface area contributed by atoms with E-state index in [9.17, 15) is 14.4 Å². The van der Waals surface area contributed by atoms with E-state index >= 15 is 0 Å². The predicted molar refractivity (Wildman–Crippen MR) is 70.7 cm³/mol. The number of nitrogens with zero attached hydrogens (tertiary/aromatic N) is 1. The van der Waals surface area contributed by atoms with E-state index < -0.39 is 5.97 Å². The zero-order chi connectivity index (χ0) is 14.7. The van der Waals surface area contributed by atoms with Crippen molar-refractivity contribution < 1.29 is 19.5 Å². The monoisotopic (exact) mass is 273 g/mol. The minimum absolute atomic E-state index is 0.0264. The molecule has 0 saturated heterocycles. The second-order valence-electron chi connectivity index (χ2n) is 6.18. The quantitative estimate of drug-likeness (QED) is 0.855. The second-order valence-corrected chi connectivity index (χ2v) is 6.18. The van der Waals surface area contributed by atoms with E-state index in [1.807, 2.05) is 0 Å². The molecule has 104 valence electrons. The maximum Gasteiger partial charge on any atom is 0.335 e. The molecule has 1 saturated carbocycles. The number of aromatic carboxylic acids is 1. The van der Waals surface area contributed by atoms with Gasteiger partial charge in [-0.2, -0.15) is 0 Å². The van der Waals surface area contributed by atoms with Gasteiger partial charge in [0.05, 0.1) is 16.7 Å². The molecule has 1 N–H and O–H groups in total. The zero-order valence-corrected chi connectivity index (χ0v) is 11.3. The van der Waals surface area contributed by atoms with Gasteiger partial charge >= 0.3 is 5.97 Å². The van der Waals surface area contributed by atoms with Crippen molar-refractivity contribution in [2.24, 2.45) is 11.3 Å². The minimum atomic E-state index is -1.10. The fourth-order valence-corrected chi connectivity index (χ4v) is 2.70. The summed E-state index contributed by atoms with van der Waals surface area (Å²) in [6.45, 7) is 4.64. The van der Waals surface area contributed by atoms with Gasteiger partial charge in [-0.1, -0.05) is 13.8 Å². The number of fused-ring (bicyclic) bond motifs is 1. The van der Waals surface area contributed by atoms with Crippen LogP contribution in [0.15, 0.2) is 18.2 Å². The Balaban J connectivity index is 1.90. The first kappa shape index (κ1) is 12.8. The molecule has 0 aromatic heterocycles. The van der Waals surface area contributed by atoms with Crippen molar-refractivity contribution in [2.75, 3.05) is 6.54 Å². The molecule has 1 unspecified atom stereocenters. The van der Waals surface area contributed by atoms with Crippen LogP contribution in [0.3, 0.4) is 0 Å². The Labute approximate surface area is 116 Å². The summed E-state index contributed by atoms with van der Waals surface area (Å²) in [5.74, 6) is -1.46. The first-order valence-corrected chi connectivity index (χ1v) is 6.55. The largest absolute Gasteiger partial charge is 0.478 e. The highest BCUT2D eigenvalue weighted by Gasteiger charge is 2.49. The molecule has 1 atom stereocenters. The van der Waals surface area contributed by atoms with E-state index in [-0.39, 0.29) is 28.4 Å². The van der Waals surface area contributed by atoms with Crippen LogP contribution in [0.1, 0.15) is 51.3 Å². The molecule has 1 aromatic carbocycles. The van der Waals surface area contributed by atoms with E-state index in [0.29, 0.717) is 18.0 Å². The molecular weight excluding hydrogens is 258 g/mol. The first-order chi connectivity index (χ1) is 9.31. The molecule has 1 heterocycles. The average molecular weight is 273 g/mol. The molecule has 0 spiro atoms. The number of hydrogen-bond acceptors (Lipinski definition) is 3. The molecule has 0 bridgehead atoms. The molecule has 1 aliphatic heterocycles. The lowest BCUT2D eigenvalue weighted by Gasteiger charge is -2.14. The Bertz CT molecular complexity index is 647. The molecular formula is C15H15NO4. The lowest BCUT2D eigenvalue weighted by atomic mass is 10.1. The van der Waals surface area contributed by atoms with Crippen LogP contribution in [0.5, 0.6) is 0 Å². The fraction of sp³-hybridized carbons (Fsp3) is 0.400.